The predicted molar refractivity (Wildman–Crippen MR) is 96.4 cm³/mol. The van der Waals surface area contributed by atoms with Crippen molar-refractivity contribution in [1.29, 1.82) is 0 Å². The number of likely N-dealkylation sites (tertiary alicyclic amines) is 1. The van der Waals surface area contributed by atoms with Gasteiger partial charge in [-0.3, -0.25) is 14.1 Å². The molecule has 1 aliphatic heterocycles. The molecule has 25 heavy (non-hydrogen) atoms. The minimum atomic E-state index is 0.369. The summed E-state index contributed by atoms with van der Waals surface area (Å²) in [7, 11) is 0. The molecule has 0 N–H and O–H groups in total. The standard InChI is InChI=1S/C19H24N6/c1-3-24-14-16(12-21-24)13-23-10-5-7-18(23)17-6-4-8-19(22-17)25-11-9-20-15(25)2/h4,6,8-9,11-12,14,18H,3,5,7,10,13H2,1-2H3/t18-/m1/s1. The number of aryl methyl sites for hydroxylation is 2. The Morgan fingerprint density at radius 1 is 1.28 bits per heavy atom. The zero-order valence-electron chi connectivity index (χ0n) is 14.8. The lowest BCUT2D eigenvalue weighted by atomic mass is 10.1. The van der Waals surface area contributed by atoms with Crippen LogP contribution < -0.4 is 0 Å². The monoisotopic (exact) mass is 336 g/mol. The summed E-state index contributed by atoms with van der Waals surface area (Å²) in [5.74, 6) is 1.90. The molecule has 0 unspecified atom stereocenters. The molecule has 0 saturated carbocycles. The van der Waals surface area contributed by atoms with Gasteiger partial charge in [-0.25, -0.2) is 9.97 Å². The molecule has 4 heterocycles. The Balaban J connectivity index is 1.57. The molecule has 1 atom stereocenters. The van der Waals surface area contributed by atoms with E-state index in [0.717, 1.165) is 43.4 Å². The molecular formula is C19H24N6. The molecule has 0 aromatic carbocycles. The first-order valence-electron chi connectivity index (χ1n) is 8.97. The molecule has 4 rings (SSSR count). The smallest absolute Gasteiger partial charge is 0.138 e. The molecule has 1 fully saturated rings. The summed E-state index contributed by atoms with van der Waals surface area (Å²) in [6, 6.07) is 6.66. The quantitative estimate of drug-likeness (QED) is 0.718. The number of nitrogens with zero attached hydrogens (tertiary/aromatic N) is 6. The summed E-state index contributed by atoms with van der Waals surface area (Å²) < 4.78 is 4.02. The maximum absolute atomic E-state index is 4.93. The predicted octanol–water partition coefficient (Wildman–Crippen LogP) is 3.13. The van der Waals surface area contributed by atoms with E-state index < -0.39 is 0 Å². The Labute approximate surface area is 148 Å². The van der Waals surface area contributed by atoms with Crippen LogP contribution in [0.2, 0.25) is 0 Å². The first-order chi connectivity index (χ1) is 12.2. The van der Waals surface area contributed by atoms with Crippen LogP contribution in [0, 0.1) is 6.92 Å². The third kappa shape index (κ3) is 3.22. The summed E-state index contributed by atoms with van der Waals surface area (Å²) in [5, 5.41) is 4.40. The number of imidazole rings is 1. The molecule has 130 valence electrons. The van der Waals surface area contributed by atoms with Gasteiger partial charge in [0.2, 0.25) is 0 Å². The van der Waals surface area contributed by atoms with Crippen molar-refractivity contribution in [3.8, 4) is 5.82 Å². The van der Waals surface area contributed by atoms with Crippen LogP contribution >= 0.6 is 0 Å². The second-order valence-electron chi connectivity index (χ2n) is 6.60. The van der Waals surface area contributed by atoms with Crippen molar-refractivity contribution >= 4 is 0 Å². The van der Waals surface area contributed by atoms with E-state index in [1.54, 1.807) is 0 Å². The van der Waals surface area contributed by atoms with Gasteiger partial charge in [0.1, 0.15) is 11.6 Å². The van der Waals surface area contributed by atoms with Crippen LogP contribution in [-0.4, -0.2) is 35.8 Å². The summed E-state index contributed by atoms with van der Waals surface area (Å²) in [5.41, 5.74) is 2.42. The molecule has 6 heteroatoms. The highest BCUT2D eigenvalue weighted by Gasteiger charge is 2.27. The summed E-state index contributed by atoms with van der Waals surface area (Å²) >= 11 is 0. The Morgan fingerprint density at radius 3 is 2.96 bits per heavy atom. The van der Waals surface area contributed by atoms with Crippen LogP contribution in [0.3, 0.4) is 0 Å². The molecule has 3 aromatic heterocycles. The van der Waals surface area contributed by atoms with Crippen molar-refractivity contribution in [3.05, 3.63) is 60.1 Å². The average Bonchev–Trinajstić information content (AvgIpc) is 3.36. The van der Waals surface area contributed by atoms with E-state index in [0.29, 0.717) is 6.04 Å². The van der Waals surface area contributed by atoms with Gasteiger partial charge in [-0.2, -0.15) is 5.10 Å². The maximum Gasteiger partial charge on any atom is 0.138 e. The van der Waals surface area contributed by atoms with Gasteiger partial charge >= 0.3 is 0 Å². The van der Waals surface area contributed by atoms with Gasteiger partial charge in [0.05, 0.1) is 17.9 Å². The van der Waals surface area contributed by atoms with Crippen LogP contribution in [-0.2, 0) is 13.1 Å². The normalized spacial score (nSPS) is 18.1. The number of hydrogen-bond acceptors (Lipinski definition) is 4. The highest BCUT2D eigenvalue weighted by Crippen LogP contribution is 2.32. The molecule has 0 aliphatic carbocycles. The SMILES string of the molecule is CCn1cc(CN2CCC[C@@H]2c2cccc(-n3ccnc3C)n2)cn1. The highest BCUT2D eigenvalue weighted by atomic mass is 15.3. The van der Waals surface area contributed by atoms with Crippen LogP contribution in [0.1, 0.15) is 42.9 Å². The van der Waals surface area contributed by atoms with Gasteiger partial charge in [-0.1, -0.05) is 6.07 Å². The Kier molecular flexibility index (Phi) is 4.36. The Hall–Kier alpha value is -2.47. The number of rotatable bonds is 5. The summed E-state index contributed by atoms with van der Waals surface area (Å²) in [6.45, 7) is 7.07. The van der Waals surface area contributed by atoms with Crippen LogP contribution in [0.4, 0.5) is 0 Å². The lowest BCUT2D eigenvalue weighted by molar-refractivity contribution is 0.244. The molecule has 3 aromatic rings. The first kappa shape index (κ1) is 16.0. The molecule has 1 aliphatic rings. The van der Waals surface area contributed by atoms with E-state index >= 15 is 0 Å². The fourth-order valence-electron chi connectivity index (χ4n) is 3.63. The topological polar surface area (TPSA) is 51.8 Å². The lowest BCUT2D eigenvalue weighted by Crippen LogP contribution is -2.23. The first-order valence-corrected chi connectivity index (χ1v) is 8.97. The molecule has 0 spiro atoms. The van der Waals surface area contributed by atoms with Gasteiger partial charge in [-0.15, -0.1) is 0 Å². The number of aromatic nitrogens is 5. The Bertz CT molecular complexity index is 849. The van der Waals surface area contributed by atoms with E-state index in [1.807, 2.05) is 40.8 Å². The van der Waals surface area contributed by atoms with E-state index in [4.69, 9.17) is 4.98 Å². The third-order valence-electron chi connectivity index (χ3n) is 4.93. The van der Waals surface area contributed by atoms with Gasteiger partial charge in [0, 0.05) is 37.2 Å². The highest BCUT2D eigenvalue weighted by molar-refractivity contribution is 5.28. The fourth-order valence-corrected chi connectivity index (χ4v) is 3.63. The number of pyridine rings is 1. The van der Waals surface area contributed by atoms with Crippen molar-refractivity contribution in [2.45, 2.75) is 45.8 Å². The Morgan fingerprint density at radius 2 is 2.20 bits per heavy atom. The van der Waals surface area contributed by atoms with Crippen LogP contribution in [0.5, 0.6) is 0 Å². The largest absolute Gasteiger partial charge is 0.290 e. The molecule has 1 saturated heterocycles. The molecule has 0 bridgehead atoms. The van der Waals surface area contributed by atoms with E-state index in [9.17, 15) is 0 Å². The minimum absolute atomic E-state index is 0.369. The minimum Gasteiger partial charge on any atom is -0.290 e. The molecule has 6 nitrogen and oxygen atoms in total. The van der Waals surface area contributed by atoms with Crippen molar-refractivity contribution in [3.63, 3.8) is 0 Å². The average molecular weight is 336 g/mol. The van der Waals surface area contributed by atoms with Crippen molar-refractivity contribution in [1.82, 2.24) is 29.2 Å². The molecule has 0 amide bonds. The van der Waals surface area contributed by atoms with Crippen molar-refractivity contribution in [2.75, 3.05) is 6.54 Å². The van der Waals surface area contributed by atoms with E-state index in [2.05, 4.69) is 40.2 Å². The molecular weight excluding hydrogens is 312 g/mol. The lowest BCUT2D eigenvalue weighted by Gasteiger charge is -2.24. The van der Waals surface area contributed by atoms with E-state index in [-0.39, 0.29) is 0 Å². The summed E-state index contributed by atoms with van der Waals surface area (Å²) in [6.07, 6.45) is 10.3. The van der Waals surface area contributed by atoms with Gasteiger partial charge in [-0.05, 0) is 45.4 Å². The number of hydrogen-bond donors (Lipinski definition) is 0. The van der Waals surface area contributed by atoms with Crippen molar-refractivity contribution < 1.29 is 0 Å². The van der Waals surface area contributed by atoms with Crippen molar-refractivity contribution in [2.24, 2.45) is 0 Å². The van der Waals surface area contributed by atoms with Gasteiger partial charge < -0.3 is 0 Å². The second kappa shape index (κ2) is 6.80. The van der Waals surface area contributed by atoms with Crippen LogP contribution in [0.25, 0.3) is 5.82 Å². The maximum atomic E-state index is 4.93. The van der Waals surface area contributed by atoms with Gasteiger partial charge in [0.25, 0.3) is 0 Å². The molecule has 0 radical (unpaired) electrons. The summed E-state index contributed by atoms with van der Waals surface area (Å²) in [4.78, 5) is 11.8. The van der Waals surface area contributed by atoms with E-state index in [1.165, 1.54) is 12.0 Å². The zero-order chi connectivity index (χ0) is 17.2. The fraction of sp³-hybridized carbons (Fsp3) is 0.421. The van der Waals surface area contributed by atoms with Crippen LogP contribution in [0.15, 0.2) is 43.0 Å². The third-order valence-corrected chi connectivity index (χ3v) is 4.93. The zero-order valence-corrected chi connectivity index (χ0v) is 14.8. The van der Waals surface area contributed by atoms with Gasteiger partial charge in [0.15, 0.2) is 0 Å². The second-order valence-corrected chi connectivity index (χ2v) is 6.60.